The number of fused-ring (bicyclic) bond motifs is 1. The zero-order valence-electron chi connectivity index (χ0n) is 14.6. The van der Waals surface area contributed by atoms with Crippen molar-refractivity contribution < 1.29 is 9.47 Å². The van der Waals surface area contributed by atoms with Crippen LogP contribution in [-0.2, 0) is 12.8 Å². The zero-order chi connectivity index (χ0) is 17.1. The third kappa shape index (κ3) is 3.69. The SMILES string of the molecule is COc1cc(N2CCN(CCc3ccc4c(c3)CCO4)CC2)ncn1. The summed E-state index contributed by atoms with van der Waals surface area (Å²) in [6.07, 6.45) is 3.71. The van der Waals surface area contributed by atoms with Crippen LogP contribution >= 0.6 is 0 Å². The van der Waals surface area contributed by atoms with Crippen LogP contribution in [0.15, 0.2) is 30.6 Å². The maximum atomic E-state index is 5.58. The Bertz CT molecular complexity index is 729. The molecule has 0 radical (unpaired) electrons. The Balaban J connectivity index is 1.29. The molecule has 2 aromatic rings. The molecule has 0 N–H and O–H groups in total. The number of hydrogen-bond acceptors (Lipinski definition) is 6. The molecule has 0 aliphatic carbocycles. The van der Waals surface area contributed by atoms with Gasteiger partial charge in [-0.25, -0.2) is 9.97 Å². The molecule has 132 valence electrons. The van der Waals surface area contributed by atoms with E-state index in [2.05, 4.69) is 38.0 Å². The van der Waals surface area contributed by atoms with Crippen LogP contribution in [0.5, 0.6) is 11.6 Å². The summed E-state index contributed by atoms with van der Waals surface area (Å²) in [6.45, 7) is 6.01. The molecular weight excluding hydrogens is 316 g/mol. The number of nitrogens with zero attached hydrogens (tertiary/aromatic N) is 4. The van der Waals surface area contributed by atoms with Gasteiger partial charge in [0, 0.05) is 45.2 Å². The van der Waals surface area contributed by atoms with E-state index in [0.717, 1.165) is 63.7 Å². The summed E-state index contributed by atoms with van der Waals surface area (Å²) in [6, 6.07) is 8.54. The number of aromatic nitrogens is 2. The van der Waals surface area contributed by atoms with Gasteiger partial charge in [0.15, 0.2) is 0 Å². The number of methoxy groups -OCH3 is 1. The molecule has 1 aromatic carbocycles. The van der Waals surface area contributed by atoms with Gasteiger partial charge in [-0.1, -0.05) is 12.1 Å². The lowest BCUT2D eigenvalue weighted by atomic mass is 10.1. The van der Waals surface area contributed by atoms with Gasteiger partial charge in [0.2, 0.25) is 5.88 Å². The molecule has 0 amide bonds. The largest absolute Gasteiger partial charge is 0.493 e. The van der Waals surface area contributed by atoms with Gasteiger partial charge in [0.1, 0.15) is 17.9 Å². The summed E-state index contributed by atoms with van der Waals surface area (Å²) >= 11 is 0. The molecule has 6 nitrogen and oxygen atoms in total. The maximum absolute atomic E-state index is 5.58. The van der Waals surface area contributed by atoms with Crippen molar-refractivity contribution in [2.75, 3.05) is 51.3 Å². The Morgan fingerprint density at radius 2 is 2.00 bits per heavy atom. The summed E-state index contributed by atoms with van der Waals surface area (Å²) in [5.74, 6) is 2.63. The summed E-state index contributed by atoms with van der Waals surface area (Å²) in [7, 11) is 1.63. The Labute approximate surface area is 148 Å². The van der Waals surface area contributed by atoms with Crippen molar-refractivity contribution in [3.8, 4) is 11.6 Å². The standard InChI is InChI=1S/C19H24N4O2/c1-24-19-13-18(20-14-21-19)23-9-7-22(8-10-23)6-4-15-2-3-17-16(12-15)5-11-25-17/h2-3,12-14H,4-11H2,1H3. The molecule has 0 bridgehead atoms. The fourth-order valence-corrected chi connectivity index (χ4v) is 3.50. The van der Waals surface area contributed by atoms with Gasteiger partial charge in [-0.2, -0.15) is 0 Å². The minimum atomic E-state index is 0.619. The first-order chi connectivity index (χ1) is 12.3. The number of rotatable bonds is 5. The first-order valence-corrected chi connectivity index (χ1v) is 8.90. The minimum absolute atomic E-state index is 0.619. The topological polar surface area (TPSA) is 50.7 Å². The lowest BCUT2D eigenvalue weighted by Crippen LogP contribution is -2.47. The summed E-state index contributed by atoms with van der Waals surface area (Å²) < 4.78 is 10.8. The highest BCUT2D eigenvalue weighted by atomic mass is 16.5. The van der Waals surface area contributed by atoms with Gasteiger partial charge >= 0.3 is 0 Å². The van der Waals surface area contributed by atoms with Crippen LogP contribution in [0.2, 0.25) is 0 Å². The quantitative estimate of drug-likeness (QED) is 0.827. The van der Waals surface area contributed by atoms with Crippen molar-refractivity contribution in [3.63, 3.8) is 0 Å². The average molecular weight is 340 g/mol. The summed E-state index contributed by atoms with van der Waals surface area (Å²) in [4.78, 5) is 13.3. The second-order valence-electron chi connectivity index (χ2n) is 6.54. The van der Waals surface area contributed by atoms with Crippen LogP contribution in [0.25, 0.3) is 0 Å². The number of piperazine rings is 1. The molecule has 1 fully saturated rings. The summed E-state index contributed by atoms with van der Waals surface area (Å²) in [5, 5.41) is 0. The van der Waals surface area contributed by atoms with Gasteiger partial charge in [0.25, 0.3) is 0 Å². The summed E-state index contributed by atoms with van der Waals surface area (Å²) in [5.41, 5.74) is 2.77. The average Bonchev–Trinajstić information content (AvgIpc) is 3.14. The van der Waals surface area contributed by atoms with Crippen LogP contribution < -0.4 is 14.4 Å². The molecule has 1 aromatic heterocycles. The van der Waals surface area contributed by atoms with Crippen molar-refractivity contribution in [2.45, 2.75) is 12.8 Å². The highest BCUT2D eigenvalue weighted by Crippen LogP contribution is 2.26. The lowest BCUT2D eigenvalue weighted by molar-refractivity contribution is 0.260. The Kier molecular flexibility index (Phi) is 4.70. The number of benzene rings is 1. The third-order valence-corrected chi connectivity index (χ3v) is 5.00. The van der Waals surface area contributed by atoms with E-state index in [1.807, 2.05) is 6.07 Å². The molecule has 6 heteroatoms. The number of hydrogen-bond donors (Lipinski definition) is 0. The van der Waals surface area contributed by atoms with Crippen molar-refractivity contribution in [1.29, 1.82) is 0 Å². The van der Waals surface area contributed by atoms with Crippen molar-refractivity contribution in [3.05, 3.63) is 41.7 Å². The van der Waals surface area contributed by atoms with E-state index in [-0.39, 0.29) is 0 Å². The number of anilines is 1. The third-order valence-electron chi connectivity index (χ3n) is 5.00. The maximum Gasteiger partial charge on any atom is 0.218 e. The van der Waals surface area contributed by atoms with Gasteiger partial charge in [-0.15, -0.1) is 0 Å². The van der Waals surface area contributed by atoms with E-state index in [1.165, 1.54) is 11.1 Å². The van der Waals surface area contributed by atoms with Gasteiger partial charge in [-0.05, 0) is 23.6 Å². The van der Waals surface area contributed by atoms with E-state index in [0.29, 0.717) is 5.88 Å². The predicted molar refractivity (Wildman–Crippen MR) is 96.6 cm³/mol. The van der Waals surface area contributed by atoms with Gasteiger partial charge in [-0.3, -0.25) is 4.90 Å². The first kappa shape index (κ1) is 16.1. The highest BCUT2D eigenvalue weighted by Gasteiger charge is 2.19. The molecule has 0 saturated carbocycles. The lowest BCUT2D eigenvalue weighted by Gasteiger charge is -2.35. The van der Waals surface area contributed by atoms with Crippen LogP contribution in [0.3, 0.4) is 0 Å². The molecule has 25 heavy (non-hydrogen) atoms. The second-order valence-corrected chi connectivity index (χ2v) is 6.54. The van der Waals surface area contributed by atoms with Gasteiger partial charge < -0.3 is 14.4 Å². The van der Waals surface area contributed by atoms with E-state index < -0.39 is 0 Å². The molecule has 4 rings (SSSR count). The first-order valence-electron chi connectivity index (χ1n) is 8.90. The second kappa shape index (κ2) is 7.27. The van der Waals surface area contributed by atoms with Crippen molar-refractivity contribution >= 4 is 5.82 Å². The minimum Gasteiger partial charge on any atom is -0.493 e. The molecule has 2 aliphatic heterocycles. The molecular formula is C19H24N4O2. The molecule has 0 spiro atoms. The van der Waals surface area contributed by atoms with Crippen LogP contribution in [0, 0.1) is 0 Å². The van der Waals surface area contributed by atoms with Crippen LogP contribution in [0.1, 0.15) is 11.1 Å². The predicted octanol–water partition coefficient (Wildman–Crippen LogP) is 1.78. The molecule has 3 heterocycles. The van der Waals surface area contributed by atoms with E-state index in [1.54, 1.807) is 13.4 Å². The normalized spacial score (nSPS) is 17.2. The Morgan fingerprint density at radius 1 is 1.12 bits per heavy atom. The van der Waals surface area contributed by atoms with E-state index >= 15 is 0 Å². The smallest absolute Gasteiger partial charge is 0.218 e. The molecule has 2 aliphatic rings. The number of ether oxygens (including phenoxy) is 2. The highest BCUT2D eigenvalue weighted by molar-refractivity contribution is 5.41. The Hall–Kier alpha value is -2.34. The molecule has 0 atom stereocenters. The molecule has 1 saturated heterocycles. The van der Waals surface area contributed by atoms with Crippen LogP contribution in [0.4, 0.5) is 5.82 Å². The fraction of sp³-hybridized carbons (Fsp3) is 0.474. The Morgan fingerprint density at radius 3 is 2.84 bits per heavy atom. The van der Waals surface area contributed by atoms with Crippen molar-refractivity contribution in [2.24, 2.45) is 0 Å². The zero-order valence-corrected chi connectivity index (χ0v) is 14.6. The van der Waals surface area contributed by atoms with Crippen molar-refractivity contribution in [1.82, 2.24) is 14.9 Å². The van der Waals surface area contributed by atoms with E-state index in [4.69, 9.17) is 9.47 Å². The van der Waals surface area contributed by atoms with Gasteiger partial charge in [0.05, 0.1) is 13.7 Å². The monoisotopic (exact) mass is 340 g/mol. The fourth-order valence-electron chi connectivity index (χ4n) is 3.50. The van der Waals surface area contributed by atoms with Crippen LogP contribution in [-0.4, -0.2) is 61.3 Å². The molecule has 0 unspecified atom stereocenters. The van der Waals surface area contributed by atoms with E-state index in [9.17, 15) is 0 Å².